The van der Waals surface area contributed by atoms with E-state index in [-0.39, 0.29) is 6.04 Å². The number of nitrogens with zero attached hydrogens (tertiary/aromatic N) is 4. The molecular formula is C21H21N7O2S. The molecule has 0 aliphatic carbocycles. The van der Waals surface area contributed by atoms with Crippen LogP contribution in [0.15, 0.2) is 36.1 Å². The topological polar surface area (TPSA) is 130 Å². The number of fused-ring (bicyclic) bond motifs is 2. The molecular weight excluding hydrogens is 414 g/mol. The van der Waals surface area contributed by atoms with Crippen molar-refractivity contribution in [3.63, 3.8) is 0 Å². The molecule has 4 N–H and O–H groups in total. The number of aromatic nitrogens is 4. The molecule has 2 amide bonds. The van der Waals surface area contributed by atoms with E-state index in [1.807, 2.05) is 23.7 Å². The van der Waals surface area contributed by atoms with Crippen LogP contribution in [0.2, 0.25) is 0 Å². The highest BCUT2D eigenvalue weighted by Gasteiger charge is 2.34. The Morgan fingerprint density at radius 1 is 1.26 bits per heavy atom. The monoisotopic (exact) mass is 435 g/mol. The van der Waals surface area contributed by atoms with Crippen LogP contribution in [0.25, 0.3) is 21.1 Å². The zero-order chi connectivity index (χ0) is 21.5. The number of benzene rings is 1. The molecule has 9 nitrogen and oxygen atoms in total. The summed E-state index contributed by atoms with van der Waals surface area (Å²) in [5.41, 5.74) is 10.5. The van der Waals surface area contributed by atoms with Crippen molar-refractivity contribution in [3.05, 3.63) is 41.7 Å². The van der Waals surface area contributed by atoms with Gasteiger partial charge in [-0.05, 0) is 36.5 Å². The van der Waals surface area contributed by atoms with Gasteiger partial charge in [0, 0.05) is 6.54 Å². The third kappa shape index (κ3) is 3.48. The van der Waals surface area contributed by atoms with E-state index in [1.165, 1.54) is 12.4 Å². The number of piperidine rings is 1. The molecule has 3 aromatic heterocycles. The molecule has 1 unspecified atom stereocenters. The second-order valence-electron chi connectivity index (χ2n) is 7.91. The first-order chi connectivity index (χ1) is 15.0. The van der Waals surface area contributed by atoms with Gasteiger partial charge in [0.15, 0.2) is 0 Å². The summed E-state index contributed by atoms with van der Waals surface area (Å²) in [5, 5.41) is 10.0. The number of thiazole rings is 1. The molecule has 1 fully saturated rings. The minimum Gasteiger partial charge on any atom is -0.383 e. The SMILES string of the molecule is C[C@H]1CCC(c2ccc3scnc3c2)N(C(=O)C(=O)Nc2cnc(N)c3cn[nH]c23)C1. The Bertz CT molecular complexity index is 1300. The van der Waals surface area contributed by atoms with Crippen LogP contribution in [0.5, 0.6) is 0 Å². The van der Waals surface area contributed by atoms with Gasteiger partial charge in [-0.2, -0.15) is 5.10 Å². The van der Waals surface area contributed by atoms with Gasteiger partial charge in [0.25, 0.3) is 0 Å². The van der Waals surface area contributed by atoms with Crippen LogP contribution in [0.4, 0.5) is 11.5 Å². The van der Waals surface area contributed by atoms with Crippen molar-refractivity contribution in [2.45, 2.75) is 25.8 Å². The molecule has 158 valence electrons. The maximum Gasteiger partial charge on any atom is 0.314 e. The van der Waals surface area contributed by atoms with Gasteiger partial charge in [-0.1, -0.05) is 13.0 Å². The Kier molecular flexibility index (Phi) is 4.78. The quantitative estimate of drug-likeness (QED) is 0.415. The van der Waals surface area contributed by atoms with Crippen molar-refractivity contribution >= 4 is 55.8 Å². The lowest BCUT2D eigenvalue weighted by Gasteiger charge is -2.38. The average Bonchev–Trinajstić information content (AvgIpc) is 3.44. The maximum absolute atomic E-state index is 13.2. The number of rotatable bonds is 2. The summed E-state index contributed by atoms with van der Waals surface area (Å²) in [5.74, 6) is -0.667. The highest BCUT2D eigenvalue weighted by molar-refractivity contribution is 7.16. The number of carbonyl (C=O) groups excluding carboxylic acids is 2. The number of hydrogen-bond acceptors (Lipinski definition) is 7. The summed E-state index contributed by atoms with van der Waals surface area (Å²) in [6.45, 7) is 2.61. The molecule has 31 heavy (non-hydrogen) atoms. The van der Waals surface area contributed by atoms with Crippen LogP contribution in [-0.2, 0) is 9.59 Å². The van der Waals surface area contributed by atoms with Gasteiger partial charge in [-0.3, -0.25) is 14.7 Å². The Labute approximate surface area is 181 Å². The van der Waals surface area contributed by atoms with Crippen molar-refractivity contribution in [1.29, 1.82) is 0 Å². The number of nitrogens with two attached hydrogens (primary N) is 1. The lowest BCUT2D eigenvalue weighted by molar-refractivity contribution is -0.146. The Balaban J connectivity index is 1.42. The maximum atomic E-state index is 13.2. The highest BCUT2D eigenvalue weighted by Crippen LogP contribution is 2.35. The first-order valence-corrected chi connectivity index (χ1v) is 10.9. The number of aromatic amines is 1. The number of hydrogen-bond donors (Lipinski definition) is 3. The normalized spacial score (nSPS) is 19.1. The minimum absolute atomic E-state index is 0.169. The number of anilines is 2. The van der Waals surface area contributed by atoms with Crippen molar-refractivity contribution in [2.75, 3.05) is 17.6 Å². The molecule has 10 heteroatoms. The Morgan fingerprint density at radius 3 is 3.00 bits per heavy atom. The molecule has 2 atom stereocenters. The van der Waals surface area contributed by atoms with E-state index in [2.05, 4.69) is 32.4 Å². The van der Waals surface area contributed by atoms with E-state index in [0.29, 0.717) is 34.9 Å². The number of pyridine rings is 1. The summed E-state index contributed by atoms with van der Waals surface area (Å²) in [7, 11) is 0. The molecule has 0 bridgehead atoms. The van der Waals surface area contributed by atoms with Crippen LogP contribution in [0.1, 0.15) is 31.4 Å². The van der Waals surface area contributed by atoms with Crippen molar-refractivity contribution in [3.8, 4) is 0 Å². The summed E-state index contributed by atoms with van der Waals surface area (Å²) < 4.78 is 1.10. The van der Waals surface area contributed by atoms with E-state index >= 15 is 0 Å². The summed E-state index contributed by atoms with van der Waals surface area (Å²) in [6, 6.07) is 5.90. The molecule has 0 spiro atoms. The van der Waals surface area contributed by atoms with Gasteiger partial charge >= 0.3 is 11.8 Å². The number of likely N-dealkylation sites (tertiary alicyclic amines) is 1. The second-order valence-corrected chi connectivity index (χ2v) is 8.79. The molecule has 1 saturated heterocycles. The van der Waals surface area contributed by atoms with Gasteiger partial charge in [0.05, 0.1) is 50.8 Å². The zero-order valence-electron chi connectivity index (χ0n) is 16.8. The number of carbonyl (C=O) groups is 2. The molecule has 1 aliphatic rings. The van der Waals surface area contributed by atoms with Crippen LogP contribution < -0.4 is 11.1 Å². The first-order valence-electron chi connectivity index (χ1n) is 10.0. The van der Waals surface area contributed by atoms with Crippen LogP contribution in [0.3, 0.4) is 0 Å². The largest absolute Gasteiger partial charge is 0.383 e. The van der Waals surface area contributed by atoms with Gasteiger partial charge in [-0.15, -0.1) is 11.3 Å². The van der Waals surface area contributed by atoms with Crippen LogP contribution >= 0.6 is 11.3 Å². The van der Waals surface area contributed by atoms with Crippen molar-refractivity contribution in [2.24, 2.45) is 5.92 Å². The van der Waals surface area contributed by atoms with E-state index in [0.717, 1.165) is 28.6 Å². The molecule has 4 aromatic rings. The number of nitrogen functional groups attached to an aromatic ring is 1. The molecule has 5 rings (SSSR count). The predicted octanol–water partition coefficient (Wildman–Crippen LogP) is 3.09. The second kappa shape index (κ2) is 7.62. The average molecular weight is 436 g/mol. The molecule has 0 radical (unpaired) electrons. The summed E-state index contributed by atoms with van der Waals surface area (Å²) in [6.07, 6.45) is 4.74. The molecule has 4 heterocycles. The van der Waals surface area contributed by atoms with Crippen LogP contribution in [0, 0.1) is 5.92 Å². The van der Waals surface area contributed by atoms with Gasteiger partial charge in [-0.25, -0.2) is 9.97 Å². The fourth-order valence-corrected chi connectivity index (χ4v) is 4.82. The molecule has 1 aliphatic heterocycles. The molecule has 0 saturated carbocycles. The van der Waals surface area contributed by atoms with Gasteiger partial charge < -0.3 is 16.0 Å². The van der Waals surface area contributed by atoms with E-state index < -0.39 is 11.8 Å². The van der Waals surface area contributed by atoms with Crippen molar-refractivity contribution < 1.29 is 9.59 Å². The summed E-state index contributed by atoms with van der Waals surface area (Å²) >= 11 is 1.58. The van der Waals surface area contributed by atoms with E-state index in [1.54, 1.807) is 16.2 Å². The number of H-pyrrole nitrogens is 1. The molecule has 1 aromatic carbocycles. The smallest absolute Gasteiger partial charge is 0.314 e. The third-order valence-electron chi connectivity index (χ3n) is 5.78. The minimum atomic E-state index is -0.712. The predicted molar refractivity (Wildman–Crippen MR) is 119 cm³/mol. The fraction of sp³-hybridized carbons (Fsp3) is 0.286. The number of amides is 2. The summed E-state index contributed by atoms with van der Waals surface area (Å²) in [4.78, 5) is 36.3. The third-order valence-corrected chi connectivity index (χ3v) is 6.59. The van der Waals surface area contributed by atoms with Crippen LogP contribution in [-0.4, -0.2) is 43.4 Å². The van der Waals surface area contributed by atoms with Gasteiger partial charge in [0.1, 0.15) is 5.82 Å². The van der Waals surface area contributed by atoms with Crippen molar-refractivity contribution in [1.82, 2.24) is 25.1 Å². The lowest BCUT2D eigenvalue weighted by Crippen LogP contribution is -2.46. The zero-order valence-corrected chi connectivity index (χ0v) is 17.6. The standard InChI is InChI=1S/C21H21N7O2S/c1-11-2-4-16(12-3-5-17-14(6-12)24-10-31-17)28(9-11)21(30)20(29)26-15-8-23-19(22)13-7-25-27-18(13)15/h3,5-8,10-11,16H,2,4,9H2,1H3,(H2,22,23)(H,25,27)(H,26,29)/t11-,16?/m0/s1. The van der Waals surface area contributed by atoms with Gasteiger partial charge in [0.2, 0.25) is 0 Å². The lowest BCUT2D eigenvalue weighted by atomic mass is 9.89. The van der Waals surface area contributed by atoms with E-state index in [4.69, 9.17) is 5.73 Å². The number of nitrogens with one attached hydrogen (secondary N) is 2. The Morgan fingerprint density at radius 2 is 2.13 bits per heavy atom. The highest BCUT2D eigenvalue weighted by atomic mass is 32.1. The fourth-order valence-electron chi connectivity index (χ4n) is 4.16. The Hall–Kier alpha value is -3.53. The first kappa shape index (κ1) is 19.4. The van der Waals surface area contributed by atoms with E-state index in [9.17, 15) is 9.59 Å².